The van der Waals surface area contributed by atoms with Gasteiger partial charge in [0, 0.05) is 13.0 Å². The van der Waals surface area contributed by atoms with E-state index in [0.29, 0.717) is 42.8 Å². The SMILES string of the molecule is CCCCCCCC(=O)NCCCc1nn(-c2ccc(F)cc2)c(N)c1C#N. The van der Waals surface area contributed by atoms with E-state index in [4.69, 9.17) is 5.73 Å². The van der Waals surface area contributed by atoms with Gasteiger partial charge in [0.1, 0.15) is 23.3 Å². The van der Waals surface area contributed by atoms with Crippen molar-refractivity contribution in [3.63, 3.8) is 0 Å². The molecule has 0 saturated heterocycles. The number of nitriles is 1. The first-order valence-corrected chi connectivity index (χ1v) is 9.87. The summed E-state index contributed by atoms with van der Waals surface area (Å²) in [5.74, 6) is -0.0510. The summed E-state index contributed by atoms with van der Waals surface area (Å²) >= 11 is 0. The minimum Gasteiger partial charge on any atom is -0.382 e. The van der Waals surface area contributed by atoms with Crippen molar-refractivity contribution in [3.05, 3.63) is 41.3 Å². The maximum atomic E-state index is 13.1. The first kappa shape index (κ1) is 21.4. The second-order valence-electron chi connectivity index (χ2n) is 6.82. The van der Waals surface area contributed by atoms with Gasteiger partial charge in [-0.15, -0.1) is 0 Å². The van der Waals surface area contributed by atoms with E-state index in [2.05, 4.69) is 23.4 Å². The van der Waals surface area contributed by atoms with E-state index >= 15 is 0 Å². The van der Waals surface area contributed by atoms with Crippen molar-refractivity contribution in [2.45, 2.75) is 58.3 Å². The van der Waals surface area contributed by atoms with E-state index in [0.717, 1.165) is 12.8 Å². The molecule has 2 aromatic rings. The van der Waals surface area contributed by atoms with Crippen LogP contribution in [0.2, 0.25) is 0 Å². The fourth-order valence-corrected chi connectivity index (χ4v) is 3.02. The number of unbranched alkanes of at least 4 members (excludes halogenated alkanes) is 4. The standard InChI is InChI=1S/C21H28FN5O/c1-2-3-4-5-6-9-20(28)25-14-7-8-19-18(15-23)21(24)27(26-19)17-12-10-16(22)11-13-17/h10-13H,2-9,14,24H2,1H3,(H,25,28). The zero-order valence-electron chi connectivity index (χ0n) is 16.4. The number of nitrogens with zero attached hydrogens (tertiary/aromatic N) is 3. The minimum absolute atomic E-state index is 0.0633. The molecule has 1 aromatic carbocycles. The topological polar surface area (TPSA) is 96.7 Å². The van der Waals surface area contributed by atoms with Gasteiger partial charge >= 0.3 is 0 Å². The Morgan fingerprint density at radius 2 is 1.93 bits per heavy atom. The molecule has 0 spiro atoms. The summed E-state index contributed by atoms with van der Waals surface area (Å²) in [4.78, 5) is 11.8. The van der Waals surface area contributed by atoms with Gasteiger partial charge in [-0.1, -0.05) is 32.6 Å². The number of anilines is 1. The van der Waals surface area contributed by atoms with Gasteiger partial charge in [-0.3, -0.25) is 4.79 Å². The van der Waals surface area contributed by atoms with Crippen LogP contribution in [0.25, 0.3) is 5.69 Å². The molecule has 3 N–H and O–H groups in total. The van der Waals surface area contributed by atoms with E-state index in [-0.39, 0.29) is 17.5 Å². The number of aromatic nitrogens is 2. The third kappa shape index (κ3) is 6.08. The highest BCUT2D eigenvalue weighted by atomic mass is 19.1. The molecule has 28 heavy (non-hydrogen) atoms. The van der Waals surface area contributed by atoms with Crippen molar-refractivity contribution >= 4 is 11.7 Å². The predicted molar refractivity (Wildman–Crippen MR) is 107 cm³/mol. The van der Waals surface area contributed by atoms with Crippen LogP contribution in [0, 0.1) is 17.1 Å². The Morgan fingerprint density at radius 3 is 2.61 bits per heavy atom. The molecule has 0 bridgehead atoms. The highest BCUT2D eigenvalue weighted by Crippen LogP contribution is 2.21. The van der Waals surface area contributed by atoms with E-state index < -0.39 is 0 Å². The van der Waals surface area contributed by atoms with Gasteiger partial charge in [-0.05, 0) is 43.5 Å². The van der Waals surface area contributed by atoms with Crippen LogP contribution >= 0.6 is 0 Å². The normalized spacial score (nSPS) is 10.6. The van der Waals surface area contributed by atoms with Gasteiger partial charge in [0.15, 0.2) is 0 Å². The summed E-state index contributed by atoms with van der Waals surface area (Å²) in [5.41, 5.74) is 7.54. The Morgan fingerprint density at radius 1 is 1.21 bits per heavy atom. The summed E-state index contributed by atoms with van der Waals surface area (Å²) in [6.07, 6.45) is 7.34. The monoisotopic (exact) mass is 385 g/mol. The summed E-state index contributed by atoms with van der Waals surface area (Å²) in [6.45, 7) is 2.70. The van der Waals surface area contributed by atoms with E-state index in [9.17, 15) is 14.4 Å². The maximum Gasteiger partial charge on any atom is 0.219 e. The average molecular weight is 385 g/mol. The molecule has 0 aliphatic carbocycles. The number of aryl methyl sites for hydroxylation is 1. The van der Waals surface area contributed by atoms with Crippen molar-refractivity contribution in [1.29, 1.82) is 5.26 Å². The molecule has 0 aliphatic heterocycles. The number of hydrogen-bond acceptors (Lipinski definition) is 4. The first-order valence-electron chi connectivity index (χ1n) is 9.87. The average Bonchev–Trinajstić information content (AvgIpc) is 3.01. The Bertz CT molecular complexity index is 807. The zero-order valence-corrected chi connectivity index (χ0v) is 16.4. The number of amides is 1. The summed E-state index contributed by atoms with van der Waals surface area (Å²) < 4.78 is 14.6. The Balaban J connectivity index is 1.84. The molecular formula is C21H28FN5O. The van der Waals surface area contributed by atoms with Gasteiger partial charge < -0.3 is 11.1 Å². The molecule has 0 radical (unpaired) electrons. The molecule has 0 unspecified atom stereocenters. The fraction of sp³-hybridized carbons (Fsp3) is 0.476. The molecule has 150 valence electrons. The predicted octanol–water partition coefficient (Wildman–Crippen LogP) is 3.87. The molecule has 2 rings (SSSR count). The van der Waals surface area contributed by atoms with Crippen LogP contribution in [-0.2, 0) is 11.2 Å². The van der Waals surface area contributed by atoms with Crippen molar-refractivity contribution in [3.8, 4) is 11.8 Å². The summed E-state index contributed by atoms with van der Waals surface area (Å²) in [7, 11) is 0. The molecular weight excluding hydrogens is 357 g/mol. The van der Waals surface area contributed by atoms with Gasteiger partial charge in [-0.2, -0.15) is 10.4 Å². The molecule has 1 aromatic heterocycles. The largest absolute Gasteiger partial charge is 0.382 e. The number of hydrogen-bond donors (Lipinski definition) is 2. The minimum atomic E-state index is -0.351. The molecule has 1 amide bonds. The number of rotatable bonds is 11. The molecule has 0 fully saturated rings. The fourth-order valence-electron chi connectivity index (χ4n) is 3.02. The maximum absolute atomic E-state index is 13.1. The number of carbonyl (C=O) groups is 1. The third-order valence-corrected chi connectivity index (χ3v) is 4.60. The van der Waals surface area contributed by atoms with E-state index in [1.54, 1.807) is 12.1 Å². The lowest BCUT2D eigenvalue weighted by atomic mass is 10.1. The molecule has 7 heteroatoms. The highest BCUT2D eigenvalue weighted by Gasteiger charge is 2.16. The molecule has 0 aliphatic rings. The van der Waals surface area contributed by atoms with Crippen molar-refractivity contribution in [1.82, 2.24) is 15.1 Å². The highest BCUT2D eigenvalue weighted by molar-refractivity contribution is 5.75. The molecule has 0 atom stereocenters. The Labute approximate surface area is 165 Å². The Hall–Kier alpha value is -2.88. The summed E-state index contributed by atoms with van der Waals surface area (Å²) in [5, 5.41) is 16.7. The number of nitrogens with two attached hydrogens (primary N) is 1. The second kappa shape index (κ2) is 11.1. The number of carbonyl (C=O) groups excluding carboxylic acids is 1. The summed E-state index contributed by atoms with van der Waals surface area (Å²) in [6, 6.07) is 7.85. The van der Waals surface area contributed by atoms with Crippen molar-refractivity contribution in [2.75, 3.05) is 12.3 Å². The van der Waals surface area contributed by atoms with Crippen LogP contribution in [0.3, 0.4) is 0 Å². The van der Waals surface area contributed by atoms with Gasteiger partial charge in [0.2, 0.25) is 5.91 Å². The van der Waals surface area contributed by atoms with E-state index in [1.807, 2.05) is 0 Å². The van der Waals surface area contributed by atoms with Crippen molar-refractivity contribution in [2.24, 2.45) is 0 Å². The lowest BCUT2D eigenvalue weighted by Gasteiger charge is -2.05. The van der Waals surface area contributed by atoms with Crippen molar-refractivity contribution < 1.29 is 9.18 Å². The van der Waals surface area contributed by atoms with Gasteiger partial charge in [0.05, 0.1) is 11.4 Å². The van der Waals surface area contributed by atoms with E-state index in [1.165, 1.54) is 36.1 Å². The van der Waals surface area contributed by atoms with Crippen LogP contribution in [0.15, 0.2) is 24.3 Å². The molecule has 0 saturated carbocycles. The Kier molecular flexibility index (Phi) is 8.47. The van der Waals surface area contributed by atoms with Crippen LogP contribution in [0.4, 0.5) is 10.2 Å². The van der Waals surface area contributed by atoms with Crippen LogP contribution in [0.5, 0.6) is 0 Å². The molecule has 6 nitrogen and oxygen atoms in total. The smallest absolute Gasteiger partial charge is 0.219 e. The lowest BCUT2D eigenvalue weighted by molar-refractivity contribution is -0.121. The second-order valence-corrected chi connectivity index (χ2v) is 6.82. The number of halogens is 1. The van der Waals surface area contributed by atoms with Crippen LogP contribution in [0.1, 0.15) is 63.1 Å². The number of nitrogens with one attached hydrogen (secondary N) is 1. The van der Waals surface area contributed by atoms with Gasteiger partial charge in [0.25, 0.3) is 0 Å². The first-order chi connectivity index (χ1) is 13.6. The van der Waals surface area contributed by atoms with Gasteiger partial charge in [-0.25, -0.2) is 9.07 Å². The quantitative estimate of drug-likeness (QED) is 0.574. The van der Waals surface area contributed by atoms with Crippen LogP contribution < -0.4 is 11.1 Å². The third-order valence-electron chi connectivity index (χ3n) is 4.60. The number of benzene rings is 1. The van der Waals surface area contributed by atoms with Crippen LogP contribution in [-0.4, -0.2) is 22.2 Å². The number of nitrogen functional groups attached to an aromatic ring is 1. The zero-order chi connectivity index (χ0) is 20.4. The lowest BCUT2D eigenvalue weighted by Crippen LogP contribution is -2.24. The molecule has 1 heterocycles.